The molecule has 0 fully saturated rings. The fraction of sp³-hybridized carbons (Fsp3) is 0.389. The van der Waals surface area contributed by atoms with Crippen molar-refractivity contribution in [3.05, 3.63) is 33.6 Å². The molecule has 1 aliphatic rings. The number of thiazole rings is 1. The Morgan fingerprint density at radius 1 is 1.42 bits per heavy atom. The summed E-state index contributed by atoms with van der Waals surface area (Å²) < 4.78 is 4.66. The van der Waals surface area contributed by atoms with E-state index in [2.05, 4.69) is 17.7 Å². The Bertz CT molecular complexity index is 798. The number of likely N-dealkylation sites (N-methyl/N-ethyl adjacent to an activating group) is 1. The second-order valence-electron chi connectivity index (χ2n) is 5.92. The highest BCUT2D eigenvalue weighted by Crippen LogP contribution is 2.34. The topological polar surface area (TPSA) is 59.5 Å². The molecule has 1 amide bonds. The monoisotopic (exact) mass is 344 g/mol. The van der Waals surface area contributed by atoms with Crippen LogP contribution in [0.2, 0.25) is 0 Å². The van der Waals surface area contributed by atoms with Gasteiger partial charge >= 0.3 is 5.97 Å². The molecule has 0 bridgehead atoms. The molecule has 0 saturated carbocycles. The quantitative estimate of drug-likeness (QED) is 0.782. The Balaban J connectivity index is 1.77. The van der Waals surface area contributed by atoms with Gasteiger partial charge in [-0.1, -0.05) is 6.07 Å². The lowest BCUT2D eigenvalue weighted by atomic mass is 10.1. The molecular weight excluding hydrogens is 324 g/mol. The van der Waals surface area contributed by atoms with E-state index in [9.17, 15) is 9.59 Å². The second kappa shape index (κ2) is 6.73. The van der Waals surface area contributed by atoms with Crippen LogP contribution in [0.1, 0.15) is 28.3 Å². The van der Waals surface area contributed by atoms with Crippen molar-refractivity contribution < 1.29 is 14.3 Å². The van der Waals surface area contributed by atoms with Gasteiger partial charge in [-0.15, -0.1) is 11.3 Å². The number of aromatic nitrogens is 1. The van der Waals surface area contributed by atoms with Crippen molar-refractivity contribution in [3.8, 4) is 11.3 Å². The van der Waals surface area contributed by atoms with Crippen molar-refractivity contribution >= 4 is 28.9 Å². The molecular formula is C18H20N2O3S. The van der Waals surface area contributed by atoms with Gasteiger partial charge in [-0.3, -0.25) is 9.59 Å². The van der Waals surface area contributed by atoms with Crippen molar-refractivity contribution in [2.45, 2.75) is 32.6 Å². The molecule has 3 rings (SSSR count). The second-order valence-corrected chi connectivity index (χ2v) is 7.20. The number of hydrogen-bond donors (Lipinski definition) is 0. The number of anilines is 1. The van der Waals surface area contributed by atoms with Gasteiger partial charge in [-0.25, -0.2) is 4.98 Å². The fourth-order valence-electron chi connectivity index (χ4n) is 2.93. The molecule has 0 aliphatic carbocycles. The number of esters is 1. The Labute approximate surface area is 145 Å². The van der Waals surface area contributed by atoms with Crippen molar-refractivity contribution in [3.63, 3.8) is 0 Å². The summed E-state index contributed by atoms with van der Waals surface area (Å²) in [6.07, 6.45) is 2.38. The number of rotatable bonds is 5. The zero-order valence-electron chi connectivity index (χ0n) is 14.1. The number of benzene rings is 1. The Hall–Kier alpha value is -2.21. The average Bonchev–Trinajstić information content (AvgIpc) is 3.07. The van der Waals surface area contributed by atoms with Crippen LogP contribution in [-0.2, 0) is 27.2 Å². The van der Waals surface area contributed by atoms with E-state index in [-0.39, 0.29) is 11.9 Å². The van der Waals surface area contributed by atoms with E-state index in [1.54, 1.807) is 23.3 Å². The van der Waals surface area contributed by atoms with Crippen LogP contribution in [0.15, 0.2) is 18.2 Å². The highest BCUT2D eigenvalue weighted by Gasteiger charge is 2.24. The minimum absolute atomic E-state index is 0.126. The van der Waals surface area contributed by atoms with E-state index in [0.29, 0.717) is 12.8 Å². The number of fused-ring (bicyclic) bond motifs is 1. The van der Waals surface area contributed by atoms with Crippen molar-refractivity contribution in [1.82, 2.24) is 4.98 Å². The smallest absolute Gasteiger partial charge is 0.305 e. The molecule has 1 aromatic heterocycles. The minimum atomic E-state index is -0.184. The Kier molecular flexibility index (Phi) is 4.66. The molecule has 2 aromatic rings. The number of aryl methyl sites for hydroxylation is 2. The Morgan fingerprint density at radius 3 is 2.96 bits per heavy atom. The van der Waals surface area contributed by atoms with Crippen molar-refractivity contribution in [2.75, 3.05) is 19.1 Å². The summed E-state index contributed by atoms with van der Waals surface area (Å²) in [5.74, 6) is -0.0587. The first-order valence-corrected chi connectivity index (χ1v) is 8.74. The maximum atomic E-state index is 11.8. The average molecular weight is 344 g/mol. The lowest BCUT2D eigenvalue weighted by Gasteiger charge is -2.10. The number of amides is 1. The van der Waals surface area contributed by atoms with Gasteiger partial charge in [0.1, 0.15) is 0 Å². The molecule has 24 heavy (non-hydrogen) atoms. The van der Waals surface area contributed by atoms with Gasteiger partial charge in [-0.2, -0.15) is 0 Å². The number of nitrogens with zero attached hydrogens (tertiary/aromatic N) is 2. The molecule has 6 heteroatoms. The zero-order chi connectivity index (χ0) is 17.3. The highest BCUT2D eigenvalue weighted by molar-refractivity contribution is 7.12. The normalized spacial score (nSPS) is 13.3. The molecule has 1 aromatic carbocycles. The summed E-state index contributed by atoms with van der Waals surface area (Å²) in [4.78, 5) is 30.6. The van der Waals surface area contributed by atoms with Gasteiger partial charge in [0.2, 0.25) is 5.91 Å². The molecule has 126 valence electrons. The highest BCUT2D eigenvalue weighted by atomic mass is 32.1. The van der Waals surface area contributed by atoms with E-state index in [4.69, 9.17) is 4.98 Å². The summed E-state index contributed by atoms with van der Waals surface area (Å²) in [7, 11) is 3.21. The van der Waals surface area contributed by atoms with Crippen LogP contribution in [0.25, 0.3) is 11.3 Å². The zero-order valence-corrected chi connectivity index (χ0v) is 14.9. The SMILES string of the molecule is COC(=O)CCCc1nc(-c2ccc3c(c2)CC(=O)N3C)c(C)s1. The molecule has 0 spiro atoms. The van der Waals surface area contributed by atoms with Crippen LogP contribution in [0.5, 0.6) is 0 Å². The molecule has 0 radical (unpaired) electrons. The maximum absolute atomic E-state index is 11.8. The van der Waals surface area contributed by atoms with Crippen molar-refractivity contribution in [1.29, 1.82) is 0 Å². The van der Waals surface area contributed by atoms with Crippen molar-refractivity contribution in [2.24, 2.45) is 0 Å². The first-order valence-electron chi connectivity index (χ1n) is 7.92. The fourth-order valence-corrected chi connectivity index (χ4v) is 3.93. The van der Waals surface area contributed by atoms with Crippen LogP contribution in [-0.4, -0.2) is 31.0 Å². The number of ether oxygens (including phenoxy) is 1. The van der Waals surface area contributed by atoms with Gasteiger partial charge in [-0.05, 0) is 37.5 Å². The Morgan fingerprint density at radius 2 is 2.21 bits per heavy atom. The summed E-state index contributed by atoms with van der Waals surface area (Å²) in [5, 5.41) is 1.03. The van der Waals surface area contributed by atoms with Crippen LogP contribution < -0.4 is 4.90 Å². The number of hydrogen-bond acceptors (Lipinski definition) is 5. The standard InChI is InChI=1S/C18H20N2O3S/c1-11-18(19-15(24-11)5-4-6-17(22)23-3)12-7-8-14-13(9-12)10-16(21)20(14)2/h7-9H,4-6,10H2,1-3H3. The molecule has 5 nitrogen and oxygen atoms in total. The number of methoxy groups -OCH3 is 1. The third-order valence-corrected chi connectivity index (χ3v) is 5.30. The first kappa shape index (κ1) is 16.6. The van der Waals surface area contributed by atoms with Gasteiger partial charge < -0.3 is 9.64 Å². The molecule has 0 unspecified atom stereocenters. The van der Waals surface area contributed by atoms with Crippen LogP contribution >= 0.6 is 11.3 Å². The molecule has 0 N–H and O–H groups in total. The van der Waals surface area contributed by atoms with E-state index in [0.717, 1.165) is 45.2 Å². The summed E-state index contributed by atoms with van der Waals surface area (Å²) in [6.45, 7) is 2.06. The van der Waals surface area contributed by atoms with Gasteiger partial charge in [0.25, 0.3) is 0 Å². The lowest BCUT2D eigenvalue weighted by Crippen LogP contribution is -2.20. The van der Waals surface area contributed by atoms with Gasteiger partial charge in [0.15, 0.2) is 0 Å². The van der Waals surface area contributed by atoms with E-state index in [1.165, 1.54) is 7.11 Å². The number of carbonyl (C=O) groups excluding carboxylic acids is 2. The van der Waals surface area contributed by atoms with E-state index < -0.39 is 0 Å². The summed E-state index contributed by atoms with van der Waals surface area (Å²) in [5.41, 5.74) is 4.05. The summed E-state index contributed by atoms with van der Waals surface area (Å²) in [6, 6.07) is 6.08. The third-order valence-electron chi connectivity index (χ3n) is 4.27. The lowest BCUT2D eigenvalue weighted by molar-refractivity contribution is -0.140. The maximum Gasteiger partial charge on any atom is 0.305 e. The molecule has 1 aliphatic heterocycles. The van der Waals surface area contributed by atoms with Crippen LogP contribution in [0, 0.1) is 6.92 Å². The number of carbonyl (C=O) groups is 2. The summed E-state index contributed by atoms with van der Waals surface area (Å²) >= 11 is 1.66. The largest absolute Gasteiger partial charge is 0.469 e. The molecule has 0 atom stereocenters. The molecule has 2 heterocycles. The first-order chi connectivity index (χ1) is 11.5. The predicted molar refractivity (Wildman–Crippen MR) is 94.4 cm³/mol. The third kappa shape index (κ3) is 3.19. The predicted octanol–water partition coefficient (Wildman–Crippen LogP) is 3.13. The molecule has 0 saturated heterocycles. The van der Waals surface area contributed by atoms with Gasteiger partial charge in [0, 0.05) is 29.6 Å². The van der Waals surface area contributed by atoms with Crippen LogP contribution in [0.4, 0.5) is 5.69 Å². The van der Waals surface area contributed by atoms with E-state index in [1.807, 2.05) is 12.1 Å². The van der Waals surface area contributed by atoms with Gasteiger partial charge in [0.05, 0.1) is 24.2 Å². The van der Waals surface area contributed by atoms with E-state index >= 15 is 0 Å². The van der Waals surface area contributed by atoms with Crippen LogP contribution in [0.3, 0.4) is 0 Å². The minimum Gasteiger partial charge on any atom is -0.469 e.